The summed E-state index contributed by atoms with van der Waals surface area (Å²) in [5, 5.41) is 25.8. The van der Waals surface area contributed by atoms with Crippen molar-refractivity contribution in [2.45, 2.75) is 25.3 Å². The van der Waals surface area contributed by atoms with Crippen molar-refractivity contribution in [1.29, 1.82) is 5.26 Å². The third kappa shape index (κ3) is 4.40. The Labute approximate surface area is 177 Å². The number of alkyl halides is 2. The fourth-order valence-electron chi connectivity index (χ4n) is 3.79. The van der Waals surface area contributed by atoms with Crippen LogP contribution < -0.4 is 10.1 Å². The average Bonchev–Trinajstić information content (AvgIpc) is 3.43. The van der Waals surface area contributed by atoms with Crippen molar-refractivity contribution in [1.82, 2.24) is 15.5 Å². The number of aliphatic hydroxyl groups excluding tert-OH is 1. The molecule has 3 aromatic rings. The molecule has 1 atom stereocenters. The molecule has 1 aliphatic carbocycles. The van der Waals surface area contributed by atoms with Crippen molar-refractivity contribution >= 4 is 0 Å². The predicted octanol–water partition coefficient (Wildman–Crippen LogP) is 3.49. The highest BCUT2D eigenvalue weighted by Gasteiger charge is 2.26. The van der Waals surface area contributed by atoms with Crippen LogP contribution in [0, 0.1) is 11.3 Å². The number of rotatable bonds is 8. The van der Waals surface area contributed by atoms with Crippen molar-refractivity contribution in [3.63, 3.8) is 0 Å². The molecule has 7 nitrogen and oxygen atoms in total. The van der Waals surface area contributed by atoms with Gasteiger partial charge in [0, 0.05) is 23.7 Å². The topological polar surface area (TPSA) is 104 Å². The summed E-state index contributed by atoms with van der Waals surface area (Å²) in [6.07, 6.45) is -0.855. The highest BCUT2D eigenvalue weighted by Crippen LogP contribution is 2.37. The number of aromatic nitrogens is 2. The minimum Gasteiger partial charge on any atom is -0.486 e. The van der Waals surface area contributed by atoms with Crippen LogP contribution in [0.25, 0.3) is 22.8 Å². The fourth-order valence-corrected chi connectivity index (χ4v) is 3.79. The van der Waals surface area contributed by atoms with E-state index in [-0.39, 0.29) is 29.9 Å². The molecule has 31 heavy (non-hydrogen) atoms. The van der Waals surface area contributed by atoms with Gasteiger partial charge in [-0.05, 0) is 42.2 Å². The lowest BCUT2D eigenvalue weighted by Gasteiger charge is -2.13. The molecule has 0 spiro atoms. The molecule has 2 N–H and O–H groups in total. The Hall–Kier alpha value is -3.35. The molecule has 160 valence electrons. The molecule has 0 bridgehead atoms. The number of hydrogen-bond donors (Lipinski definition) is 2. The number of benzene rings is 2. The van der Waals surface area contributed by atoms with Gasteiger partial charge in [-0.15, -0.1) is 0 Å². The number of halogens is 2. The third-order valence-electron chi connectivity index (χ3n) is 5.15. The van der Waals surface area contributed by atoms with Crippen LogP contribution in [0.1, 0.15) is 29.2 Å². The van der Waals surface area contributed by atoms with E-state index in [1.165, 1.54) is 12.1 Å². The van der Waals surface area contributed by atoms with Crippen LogP contribution >= 0.6 is 0 Å². The van der Waals surface area contributed by atoms with Crippen LogP contribution in [0.3, 0.4) is 0 Å². The SMILES string of the molecule is N#Cc1cc(-c2nc(-c3cccc4c3CC[C@@H]4NCCO)no2)ccc1OCC(F)F. The first-order valence-electron chi connectivity index (χ1n) is 9.86. The van der Waals surface area contributed by atoms with Crippen molar-refractivity contribution in [3.05, 3.63) is 53.1 Å². The Bertz CT molecular complexity index is 1110. The van der Waals surface area contributed by atoms with Gasteiger partial charge >= 0.3 is 0 Å². The lowest BCUT2D eigenvalue weighted by atomic mass is 10.0. The van der Waals surface area contributed by atoms with Gasteiger partial charge in [-0.3, -0.25) is 0 Å². The van der Waals surface area contributed by atoms with Crippen LogP contribution in [0.4, 0.5) is 8.78 Å². The third-order valence-corrected chi connectivity index (χ3v) is 5.15. The second-order valence-electron chi connectivity index (χ2n) is 7.09. The average molecular weight is 426 g/mol. The Kier molecular flexibility index (Phi) is 6.21. The summed E-state index contributed by atoms with van der Waals surface area (Å²) in [5.41, 5.74) is 3.77. The quantitative estimate of drug-likeness (QED) is 0.568. The van der Waals surface area contributed by atoms with Gasteiger partial charge in [0.25, 0.3) is 12.3 Å². The predicted molar refractivity (Wildman–Crippen MR) is 108 cm³/mol. The molecular formula is C22H20F2N4O3. The summed E-state index contributed by atoms with van der Waals surface area (Å²) in [5.74, 6) is 0.734. The zero-order valence-corrected chi connectivity index (χ0v) is 16.5. The first-order valence-corrected chi connectivity index (χ1v) is 9.86. The molecule has 0 aliphatic heterocycles. The second-order valence-corrected chi connectivity index (χ2v) is 7.09. The van der Waals surface area contributed by atoms with Gasteiger partial charge < -0.3 is 19.7 Å². The standard InChI is InChI=1S/C22H20F2N4O3/c23-20(24)12-30-19-7-4-13(10-14(19)11-25)22-27-21(28-31-22)17-3-1-2-16-15(17)5-6-18(16)26-8-9-29/h1-4,7,10,18,20,26,29H,5-6,8-9,12H2/t18-/m0/s1. The van der Waals surface area contributed by atoms with Crippen LogP contribution in [0.5, 0.6) is 5.75 Å². The Morgan fingerprint density at radius 2 is 2.19 bits per heavy atom. The normalized spacial score (nSPS) is 15.1. The number of fused-ring (bicyclic) bond motifs is 1. The number of nitriles is 1. The molecule has 0 radical (unpaired) electrons. The maximum atomic E-state index is 12.4. The molecule has 0 saturated carbocycles. The first kappa shape index (κ1) is 20.9. The molecule has 1 heterocycles. The van der Waals surface area contributed by atoms with Gasteiger partial charge in [0.2, 0.25) is 5.82 Å². The van der Waals surface area contributed by atoms with Gasteiger partial charge in [0.05, 0.1) is 12.2 Å². The fraction of sp³-hybridized carbons (Fsp3) is 0.318. The largest absolute Gasteiger partial charge is 0.486 e. The lowest BCUT2D eigenvalue weighted by molar-refractivity contribution is 0.0818. The summed E-state index contributed by atoms with van der Waals surface area (Å²) in [6, 6.07) is 12.5. The van der Waals surface area contributed by atoms with Gasteiger partial charge in [0.15, 0.2) is 0 Å². The van der Waals surface area contributed by atoms with Crippen molar-refractivity contribution < 1.29 is 23.1 Å². The highest BCUT2D eigenvalue weighted by atomic mass is 19.3. The molecule has 1 aliphatic rings. The summed E-state index contributed by atoms with van der Waals surface area (Å²) >= 11 is 0. The van der Waals surface area contributed by atoms with E-state index < -0.39 is 13.0 Å². The molecule has 4 rings (SSSR count). The maximum Gasteiger partial charge on any atom is 0.272 e. The minimum absolute atomic E-state index is 0.0774. The van der Waals surface area contributed by atoms with Crippen LogP contribution in [0.2, 0.25) is 0 Å². The van der Waals surface area contributed by atoms with Crippen LogP contribution in [-0.2, 0) is 6.42 Å². The number of aliphatic hydroxyl groups is 1. The van der Waals surface area contributed by atoms with E-state index in [4.69, 9.17) is 14.4 Å². The van der Waals surface area contributed by atoms with Crippen LogP contribution in [-0.4, -0.2) is 41.4 Å². The molecule has 0 unspecified atom stereocenters. The highest BCUT2D eigenvalue weighted by molar-refractivity contribution is 5.67. The van der Waals surface area contributed by atoms with Gasteiger partial charge in [-0.1, -0.05) is 23.4 Å². The minimum atomic E-state index is -2.63. The molecule has 0 amide bonds. The van der Waals surface area contributed by atoms with E-state index in [1.807, 2.05) is 18.2 Å². The van der Waals surface area contributed by atoms with Gasteiger partial charge in [-0.2, -0.15) is 10.2 Å². The first-order chi connectivity index (χ1) is 15.1. The Morgan fingerprint density at radius 1 is 1.32 bits per heavy atom. The lowest BCUT2D eigenvalue weighted by Crippen LogP contribution is -2.22. The monoisotopic (exact) mass is 426 g/mol. The molecule has 0 fully saturated rings. The molecule has 9 heteroatoms. The van der Waals surface area contributed by atoms with Crippen LogP contribution in [0.15, 0.2) is 40.9 Å². The Balaban J connectivity index is 1.60. The zero-order chi connectivity index (χ0) is 21.8. The summed E-state index contributed by atoms with van der Waals surface area (Å²) in [7, 11) is 0. The number of ether oxygens (including phenoxy) is 1. The summed E-state index contributed by atoms with van der Waals surface area (Å²) in [6.45, 7) is -0.179. The number of hydrogen-bond acceptors (Lipinski definition) is 7. The van der Waals surface area contributed by atoms with Crippen molar-refractivity contribution in [2.24, 2.45) is 0 Å². The summed E-state index contributed by atoms with van der Waals surface area (Å²) in [4.78, 5) is 4.49. The van der Waals surface area contributed by atoms with E-state index in [9.17, 15) is 14.0 Å². The van der Waals surface area contributed by atoms with E-state index in [2.05, 4.69) is 21.5 Å². The number of nitrogens with one attached hydrogen (secondary N) is 1. The van der Waals surface area contributed by atoms with Gasteiger partial charge in [-0.25, -0.2) is 8.78 Å². The van der Waals surface area contributed by atoms with E-state index in [0.29, 0.717) is 17.9 Å². The Morgan fingerprint density at radius 3 is 2.97 bits per heavy atom. The van der Waals surface area contributed by atoms with Crippen molar-refractivity contribution in [2.75, 3.05) is 19.8 Å². The second kappa shape index (κ2) is 9.20. The van der Waals surface area contributed by atoms with E-state index >= 15 is 0 Å². The molecular weight excluding hydrogens is 406 g/mol. The van der Waals surface area contributed by atoms with E-state index in [0.717, 1.165) is 29.5 Å². The molecule has 2 aromatic carbocycles. The maximum absolute atomic E-state index is 12.4. The van der Waals surface area contributed by atoms with Gasteiger partial charge in [0.1, 0.15) is 18.4 Å². The van der Waals surface area contributed by atoms with E-state index in [1.54, 1.807) is 6.07 Å². The summed E-state index contributed by atoms with van der Waals surface area (Å²) < 4.78 is 35.2. The molecule has 0 saturated heterocycles. The zero-order valence-electron chi connectivity index (χ0n) is 16.5. The van der Waals surface area contributed by atoms with Crippen molar-refractivity contribution in [3.8, 4) is 34.7 Å². The smallest absolute Gasteiger partial charge is 0.272 e. The molecule has 1 aromatic heterocycles. The number of nitrogens with zero attached hydrogens (tertiary/aromatic N) is 3.